The molecule has 8 heteroatoms. The molecule has 0 bridgehead atoms. The van der Waals surface area contributed by atoms with E-state index in [-0.39, 0.29) is 23.7 Å². The van der Waals surface area contributed by atoms with Crippen molar-refractivity contribution >= 4 is 11.9 Å². The number of primary amides is 1. The van der Waals surface area contributed by atoms with E-state index in [0.717, 1.165) is 70.8 Å². The molecule has 1 amide bonds. The lowest BCUT2D eigenvalue weighted by molar-refractivity contribution is -0.123. The van der Waals surface area contributed by atoms with E-state index in [9.17, 15) is 9.18 Å². The quantitative estimate of drug-likeness (QED) is 0.267. The number of carbonyl (C=O) groups is 1. The Hall–Kier alpha value is -2.35. The fourth-order valence-electron chi connectivity index (χ4n) is 3.63. The summed E-state index contributed by atoms with van der Waals surface area (Å²) in [7, 11) is 0. The molecule has 0 spiro atoms. The molecule has 1 aromatic carbocycles. The van der Waals surface area contributed by atoms with Gasteiger partial charge in [0.25, 0.3) is 0 Å². The minimum Gasteiger partial charge on any atom is -0.488 e. The van der Waals surface area contributed by atoms with Crippen LogP contribution in [0.2, 0.25) is 0 Å². The van der Waals surface area contributed by atoms with Gasteiger partial charge in [-0.25, -0.2) is 9.38 Å². The molecule has 174 valence electrons. The van der Waals surface area contributed by atoms with Gasteiger partial charge in [0.1, 0.15) is 17.7 Å². The molecule has 1 heterocycles. The van der Waals surface area contributed by atoms with E-state index in [1.54, 1.807) is 12.1 Å². The highest BCUT2D eigenvalue weighted by Crippen LogP contribution is 2.17. The SMILES string of the molecule is CCNC(=NCC(CC)Oc1cccc(F)c1)NCCCCN1CCC(C(N)=O)CC1. The number of ether oxygens (including phenoxy) is 1. The number of amides is 1. The lowest BCUT2D eigenvalue weighted by Gasteiger charge is -2.30. The number of nitrogens with zero attached hydrogens (tertiary/aromatic N) is 2. The third kappa shape index (κ3) is 9.55. The Morgan fingerprint density at radius 3 is 2.71 bits per heavy atom. The first kappa shape index (κ1) is 24.9. The molecule has 1 unspecified atom stereocenters. The van der Waals surface area contributed by atoms with Crippen LogP contribution in [0.15, 0.2) is 29.3 Å². The second kappa shape index (κ2) is 13.9. The molecule has 1 aromatic rings. The Balaban J connectivity index is 1.68. The zero-order valence-corrected chi connectivity index (χ0v) is 18.9. The van der Waals surface area contributed by atoms with Crippen LogP contribution in [0.25, 0.3) is 0 Å². The average Bonchev–Trinajstić information content (AvgIpc) is 2.76. The number of unbranched alkanes of at least 4 members (excludes halogenated alkanes) is 1. The van der Waals surface area contributed by atoms with Crippen molar-refractivity contribution in [1.29, 1.82) is 0 Å². The first-order valence-corrected chi connectivity index (χ1v) is 11.5. The van der Waals surface area contributed by atoms with Gasteiger partial charge >= 0.3 is 0 Å². The molecule has 31 heavy (non-hydrogen) atoms. The number of carbonyl (C=O) groups excluding carboxylic acids is 1. The molecule has 7 nitrogen and oxygen atoms in total. The summed E-state index contributed by atoms with van der Waals surface area (Å²) in [5.41, 5.74) is 5.40. The maximum absolute atomic E-state index is 13.4. The number of hydrogen-bond donors (Lipinski definition) is 3. The molecule has 1 fully saturated rings. The van der Waals surface area contributed by atoms with E-state index in [1.807, 2.05) is 13.8 Å². The Bertz CT molecular complexity index is 692. The van der Waals surface area contributed by atoms with Crippen molar-refractivity contribution in [2.75, 3.05) is 39.3 Å². The minimum atomic E-state index is -0.303. The van der Waals surface area contributed by atoms with Crippen LogP contribution in [0.4, 0.5) is 4.39 Å². The Morgan fingerprint density at radius 1 is 1.29 bits per heavy atom. The van der Waals surface area contributed by atoms with Crippen LogP contribution in [0, 0.1) is 11.7 Å². The number of nitrogens with two attached hydrogens (primary N) is 1. The monoisotopic (exact) mass is 435 g/mol. The molecular formula is C23H38FN5O2. The van der Waals surface area contributed by atoms with Crippen LogP contribution < -0.4 is 21.1 Å². The van der Waals surface area contributed by atoms with Crippen molar-refractivity contribution < 1.29 is 13.9 Å². The summed E-state index contributed by atoms with van der Waals surface area (Å²) in [5, 5.41) is 6.64. The van der Waals surface area contributed by atoms with Gasteiger partial charge in [0.15, 0.2) is 5.96 Å². The number of rotatable bonds is 12. The van der Waals surface area contributed by atoms with Gasteiger partial charge in [-0.1, -0.05) is 13.0 Å². The highest BCUT2D eigenvalue weighted by Gasteiger charge is 2.22. The van der Waals surface area contributed by atoms with Crippen molar-refractivity contribution in [1.82, 2.24) is 15.5 Å². The number of nitrogens with one attached hydrogen (secondary N) is 2. The highest BCUT2D eigenvalue weighted by molar-refractivity contribution is 5.79. The Labute approximate surface area is 185 Å². The molecule has 1 aliphatic heterocycles. The average molecular weight is 436 g/mol. The lowest BCUT2D eigenvalue weighted by atomic mass is 9.96. The number of piperidine rings is 1. The predicted octanol–water partition coefficient (Wildman–Crippen LogP) is 2.52. The first-order chi connectivity index (χ1) is 15.0. The van der Waals surface area contributed by atoms with E-state index in [4.69, 9.17) is 10.5 Å². The number of hydrogen-bond acceptors (Lipinski definition) is 4. The van der Waals surface area contributed by atoms with Crippen LogP contribution in [-0.4, -0.2) is 62.1 Å². The van der Waals surface area contributed by atoms with Gasteiger partial charge in [0, 0.05) is 25.1 Å². The number of halogens is 1. The molecule has 1 atom stereocenters. The summed E-state index contributed by atoms with van der Waals surface area (Å²) >= 11 is 0. The zero-order chi connectivity index (χ0) is 22.5. The van der Waals surface area contributed by atoms with Gasteiger partial charge in [-0.2, -0.15) is 0 Å². The van der Waals surface area contributed by atoms with E-state index in [2.05, 4.69) is 20.5 Å². The van der Waals surface area contributed by atoms with Gasteiger partial charge < -0.3 is 26.0 Å². The molecule has 0 radical (unpaired) electrons. The molecule has 4 N–H and O–H groups in total. The number of likely N-dealkylation sites (tertiary alicyclic amines) is 1. The van der Waals surface area contributed by atoms with Crippen molar-refractivity contribution in [2.24, 2.45) is 16.6 Å². The maximum atomic E-state index is 13.4. The number of aliphatic imine (C=N–C) groups is 1. The standard InChI is InChI=1S/C23H38FN5O2/c1-3-20(31-21-9-7-8-19(24)16-21)17-28-23(26-4-2)27-12-5-6-13-29-14-10-18(11-15-29)22(25)30/h7-9,16,18,20H,3-6,10-15,17H2,1-2H3,(H2,25,30)(H2,26,27,28). The van der Waals surface area contributed by atoms with Gasteiger partial charge in [0.05, 0.1) is 6.54 Å². The van der Waals surface area contributed by atoms with Crippen LogP contribution in [-0.2, 0) is 4.79 Å². The fraction of sp³-hybridized carbons (Fsp3) is 0.652. The fourth-order valence-corrected chi connectivity index (χ4v) is 3.63. The third-order valence-electron chi connectivity index (χ3n) is 5.53. The van der Waals surface area contributed by atoms with Crippen LogP contribution in [0.1, 0.15) is 46.0 Å². The van der Waals surface area contributed by atoms with Crippen molar-refractivity contribution in [3.63, 3.8) is 0 Å². The molecular weight excluding hydrogens is 397 g/mol. The van der Waals surface area contributed by atoms with E-state index in [1.165, 1.54) is 12.1 Å². The van der Waals surface area contributed by atoms with Crippen LogP contribution in [0.3, 0.4) is 0 Å². The van der Waals surface area contributed by atoms with E-state index >= 15 is 0 Å². The first-order valence-electron chi connectivity index (χ1n) is 11.5. The van der Waals surface area contributed by atoms with Gasteiger partial charge in [-0.3, -0.25) is 4.79 Å². The summed E-state index contributed by atoms with van der Waals surface area (Å²) in [5.74, 6) is 0.883. The molecule has 0 aliphatic carbocycles. The second-order valence-corrected chi connectivity index (χ2v) is 7.98. The lowest BCUT2D eigenvalue weighted by Crippen LogP contribution is -2.40. The minimum absolute atomic E-state index is 0.0497. The molecule has 1 saturated heterocycles. The molecule has 0 aromatic heterocycles. The topological polar surface area (TPSA) is 92.0 Å². The Morgan fingerprint density at radius 2 is 2.06 bits per heavy atom. The third-order valence-corrected chi connectivity index (χ3v) is 5.53. The maximum Gasteiger partial charge on any atom is 0.220 e. The summed E-state index contributed by atoms with van der Waals surface area (Å²) in [6.07, 6.45) is 4.56. The summed E-state index contributed by atoms with van der Waals surface area (Å²) < 4.78 is 19.2. The predicted molar refractivity (Wildman–Crippen MR) is 123 cm³/mol. The molecule has 0 saturated carbocycles. The van der Waals surface area contributed by atoms with Gasteiger partial charge in [0.2, 0.25) is 5.91 Å². The van der Waals surface area contributed by atoms with E-state index in [0.29, 0.717) is 12.3 Å². The summed E-state index contributed by atoms with van der Waals surface area (Å²) in [6.45, 7) is 9.13. The summed E-state index contributed by atoms with van der Waals surface area (Å²) in [6, 6.07) is 6.20. The molecule has 2 rings (SSSR count). The normalized spacial score (nSPS) is 16.7. The van der Waals surface area contributed by atoms with Crippen molar-refractivity contribution in [2.45, 2.75) is 52.1 Å². The highest BCUT2D eigenvalue weighted by atomic mass is 19.1. The van der Waals surface area contributed by atoms with Crippen LogP contribution in [0.5, 0.6) is 5.75 Å². The Kier molecular flexibility index (Phi) is 11.1. The van der Waals surface area contributed by atoms with Crippen LogP contribution >= 0.6 is 0 Å². The van der Waals surface area contributed by atoms with Crippen molar-refractivity contribution in [3.8, 4) is 5.75 Å². The second-order valence-electron chi connectivity index (χ2n) is 7.98. The number of benzene rings is 1. The summed E-state index contributed by atoms with van der Waals surface area (Å²) in [4.78, 5) is 18.3. The smallest absolute Gasteiger partial charge is 0.220 e. The van der Waals surface area contributed by atoms with Gasteiger partial charge in [-0.15, -0.1) is 0 Å². The van der Waals surface area contributed by atoms with Gasteiger partial charge in [-0.05, 0) is 70.8 Å². The molecule has 1 aliphatic rings. The van der Waals surface area contributed by atoms with Crippen molar-refractivity contribution in [3.05, 3.63) is 30.1 Å². The largest absolute Gasteiger partial charge is 0.488 e. The zero-order valence-electron chi connectivity index (χ0n) is 18.9. The number of guanidine groups is 1. The van der Waals surface area contributed by atoms with E-state index < -0.39 is 0 Å².